The van der Waals surface area contributed by atoms with Crippen molar-refractivity contribution >= 4 is 11.7 Å². The summed E-state index contributed by atoms with van der Waals surface area (Å²) in [5.74, 6) is -1.03. The van der Waals surface area contributed by atoms with Gasteiger partial charge in [-0.3, -0.25) is 0 Å². The third kappa shape index (κ3) is 5.70. The fourth-order valence-electron chi connectivity index (χ4n) is 4.24. The van der Waals surface area contributed by atoms with Gasteiger partial charge in [0.05, 0.1) is 13.2 Å². The van der Waals surface area contributed by atoms with Crippen LogP contribution in [0.2, 0.25) is 0 Å². The fraction of sp³-hybridized carbons (Fsp3) is 0.519. The summed E-state index contributed by atoms with van der Waals surface area (Å²) in [6.45, 7) is 9.77. The molecule has 34 heavy (non-hydrogen) atoms. The van der Waals surface area contributed by atoms with Gasteiger partial charge in [0, 0.05) is 43.9 Å². The zero-order valence-corrected chi connectivity index (χ0v) is 20.6. The number of ether oxygens (including phenoxy) is 3. The Labute approximate surface area is 201 Å². The molecule has 0 aliphatic carbocycles. The molecular weight excluding hydrogens is 437 g/mol. The molecule has 2 aromatic carbocycles. The number of hydrogen-bond donors (Lipinski definition) is 2. The molecule has 1 aliphatic heterocycles. The van der Waals surface area contributed by atoms with E-state index in [-0.39, 0.29) is 5.75 Å². The van der Waals surface area contributed by atoms with Gasteiger partial charge in [0.15, 0.2) is 11.6 Å². The molecule has 6 nitrogen and oxygen atoms in total. The standard InChI is InChI=1S/C27H36FNO5/c1-5-7-12-33-17-20-16-21(29-27(26(30)31)10-13-32-14-11-27)8-9-22(20)23-15-18(3)19(4)25(24(23)28)34-6-2/h8-9,15-16,29H,5-7,10-14,17H2,1-4H3,(H,30,31). The van der Waals surface area contributed by atoms with E-state index in [0.717, 1.165) is 29.5 Å². The van der Waals surface area contributed by atoms with Crippen molar-refractivity contribution in [1.29, 1.82) is 0 Å². The highest BCUT2D eigenvalue weighted by molar-refractivity contribution is 5.83. The minimum absolute atomic E-state index is 0.268. The van der Waals surface area contributed by atoms with Gasteiger partial charge in [-0.2, -0.15) is 0 Å². The molecule has 0 amide bonds. The Morgan fingerprint density at radius 1 is 1.18 bits per heavy atom. The summed E-state index contributed by atoms with van der Waals surface area (Å²) in [7, 11) is 0. The molecule has 1 fully saturated rings. The summed E-state index contributed by atoms with van der Waals surface area (Å²) in [6, 6.07) is 7.34. The first-order valence-corrected chi connectivity index (χ1v) is 12.1. The summed E-state index contributed by atoms with van der Waals surface area (Å²) in [5, 5.41) is 13.1. The number of aliphatic carboxylic acids is 1. The zero-order valence-electron chi connectivity index (χ0n) is 20.6. The molecule has 3 rings (SSSR count). The Hall–Kier alpha value is -2.64. The summed E-state index contributed by atoms with van der Waals surface area (Å²) in [4.78, 5) is 12.1. The van der Waals surface area contributed by atoms with Crippen molar-refractivity contribution in [2.24, 2.45) is 0 Å². The highest BCUT2D eigenvalue weighted by Crippen LogP contribution is 2.38. The number of halogens is 1. The van der Waals surface area contributed by atoms with Crippen LogP contribution in [0.1, 0.15) is 56.2 Å². The summed E-state index contributed by atoms with van der Waals surface area (Å²) >= 11 is 0. The van der Waals surface area contributed by atoms with Gasteiger partial charge >= 0.3 is 5.97 Å². The number of carboxylic acids is 1. The highest BCUT2D eigenvalue weighted by Gasteiger charge is 2.40. The number of hydrogen-bond acceptors (Lipinski definition) is 5. The van der Waals surface area contributed by atoms with Gasteiger partial charge in [-0.25, -0.2) is 9.18 Å². The maximum atomic E-state index is 15.6. The maximum Gasteiger partial charge on any atom is 0.329 e. The number of unbranched alkanes of at least 4 members (excludes halogenated alkanes) is 1. The van der Waals surface area contributed by atoms with Crippen LogP contribution in [-0.4, -0.2) is 43.0 Å². The van der Waals surface area contributed by atoms with Gasteiger partial charge in [-0.1, -0.05) is 19.4 Å². The molecule has 0 saturated carbocycles. The number of rotatable bonds is 11. The number of nitrogens with one attached hydrogen (secondary N) is 1. The van der Waals surface area contributed by atoms with Crippen LogP contribution in [0.15, 0.2) is 24.3 Å². The lowest BCUT2D eigenvalue weighted by atomic mass is 9.89. The lowest BCUT2D eigenvalue weighted by molar-refractivity contribution is -0.145. The molecule has 2 N–H and O–H groups in total. The van der Waals surface area contributed by atoms with Crippen LogP contribution in [0, 0.1) is 19.7 Å². The van der Waals surface area contributed by atoms with Gasteiger partial charge in [-0.05, 0) is 67.6 Å². The third-order valence-corrected chi connectivity index (χ3v) is 6.45. The van der Waals surface area contributed by atoms with Crippen molar-refractivity contribution in [3.05, 3.63) is 46.8 Å². The van der Waals surface area contributed by atoms with Crippen molar-refractivity contribution in [2.45, 2.75) is 65.5 Å². The Bertz CT molecular complexity index is 1000. The minimum Gasteiger partial charge on any atom is -0.490 e. The number of anilines is 1. The Morgan fingerprint density at radius 2 is 1.91 bits per heavy atom. The Balaban J connectivity index is 2.03. The minimum atomic E-state index is -1.09. The van der Waals surface area contributed by atoms with Gasteiger partial charge in [0.1, 0.15) is 5.54 Å². The van der Waals surface area contributed by atoms with E-state index in [1.807, 2.05) is 39.0 Å². The quantitative estimate of drug-likeness (QED) is 0.398. The van der Waals surface area contributed by atoms with Gasteiger partial charge in [0.2, 0.25) is 0 Å². The lowest BCUT2D eigenvalue weighted by Crippen LogP contribution is -2.50. The molecule has 0 spiro atoms. The second-order valence-electron chi connectivity index (χ2n) is 8.84. The number of carboxylic acid groups (broad SMARTS) is 1. The molecule has 0 aromatic heterocycles. The largest absolute Gasteiger partial charge is 0.490 e. The average Bonchev–Trinajstić information content (AvgIpc) is 2.83. The van der Waals surface area contributed by atoms with Crippen LogP contribution in [0.5, 0.6) is 5.75 Å². The number of carbonyl (C=O) groups is 1. The van der Waals surface area contributed by atoms with E-state index in [1.54, 1.807) is 6.07 Å². The monoisotopic (exact) mass is 473 g/mol. The van der Waals surface area contributed by atoms with E-state index >= 15 is 4.39 Å². The molecule has 2 aromatic rings. The van der Waals surface area contributed by atoms with E-state index in [4.69, 9.17) is 14.2 Å². The Morgan fingerprint density at radius 3 is 2.56 bits per heavy atom. The molecule has 0 unspecified atom stereocenters. The zero-order chi connectivity index (χ0) is 24.7. The number of aryl methyl sites for hydroxylation is 1. The second-order valence-corrected chi connectivity index (χ2v) is 8.84. The molecule has 0 radical (unpaired) electrons. The van der Waals surface area contributed by atoms with Crippen molar-refractivity contribution in [1.82, 2.24) is 0 Å². The lowest BCUT2D eigenvalue weighted by Gasteiger charge is -2.35. The van der Waals surface area contributed by atoms with Crippen molar-refractivity contribution < 1.29 is 28.5 Å². The van der Waals surface area contributed by atoms with E-state index in [1.165, 1.54) is 0 Å². The molecule has 1 saturated heterocycles. The summed E-state index contributed by atoms with van der Waals surface area (Å²) < 4.78 is 32.5. The molecule has 7 heteroatoms. The average molecular weight is 474 g/mol. The molecule has 186 valence electrons. The number of benzene rings is 2. The first-order chi connectivity index (χ1) is 16.3. The first-order valence-electron chi connectivity index (χ1n) is 12.1. The van der Waals surface area contributed by atoms with Crippen molar-refractivity contribution in [2.75, 3.05) is 31.7 Å². The van der Waals surface area contributed by atoms with Crippen LogP contribution in [0.3, 0.4) is 0 Å². The van der Waals surface area contributed by atoms with Crippen LogP contribution in [-0.2, 0) is 20.9 Å². The van der Waals surface area contributed by atoms with E-state index < -0.39 is 17.3 Å². The van der Waals surface area contributed by atoms with E-state index in [2.05, 4.69) is 12.2 Å². The smallest absolute Gasteiger partial charge is 0.329 e. The summed E-state index contributed by atoms with van der Waals surface area (Å²) in [6.07, 6.45) is 2.69. The van der Waals surface area contributed by atoms with E-state index in [9.17, 15) is 9.90 Å². The van der Waals surface area contributed by atoms with Gasteiger partial charge in [-0.15, -0.1) is 0 Å². The van der Waals surface area contributed by atoms with Crippen LogP contribution < -0.4 is 10.1 Å². The maximum absolute atomic E-state index is 15.6. The highest BCUT2D eigenvalue weighted by atomic mass is 19.1. The van der Waals surface area contributed by atoms with E-state index in [0.29, 0.717) is 62.7 Å². The SMILES string of the molecule is CCCCOCc1cc(NC2(C(=O)O)CCOCC2)ccc1-c1cc(C)c(C)c(OCC)c1F. The first kappa shape index (κ1) is 26.0. The normalized spacial score (nSPS) is 15.2. The van der Waals surface area contributed by atoms with Crippen LogP contribution in [0.25, 0.3) is 11.1 Å². The van der Waals surface area contributed by atoms with Crippen molar-refractivity contribution in [3.63, 3.8) is 0 Å². The van der Waals surface area contributed by atoms with Crippen molar-refractivity contribution in [3.8, 4) is 16.9 Å². The Kier molecular flexibility index (Phi) is 8.91. The van der Waals surface area contributed by atoms with Crippen LogP contribution >= 0.6 is 0 Å². The predicted molar refractivity (Wildman–Crippen MR) is 131 cm³/mol. The molecule has 1 aliphatic rings. The summed E-state index contributed by atoms with van der Waals surface area (Å²) in [5.41, 5.74) is 3.24. The molecule has 1 heterocycles. The molecular formula is C27H36FNO5. The van der Waals surface area contributed by atoms with Crippen LogP contribution in [0.4, 0.5) is 10.1 Å². The van der Waals surface area contributed by atoms with Gasteiger partial charge in [0.25, 0.3) is 0 Å². The molecule has 0 atom stereocenters. The topological polar surface area (TPSA) is 77.0 Å². The molecule has 0 bridgehead atoms. The third-order valence-electron chi connectivity index (χ3n) is 6.45. The predicted octanol–water partition coefficient (Wildman–Crippen LogP) is 5.87. The second kappa shape index (κ2) is 11.7. The van der Waals surface area contributed by atoms with Gasteiger partial charge < -0.3 is 24.6 Å². The fourth-order valence-corrected chi connectivity index (χ4v) is 4.24.